The van der Waals surface area contributed by atoms with Gasteiger partial charge in [0.1, 0.15) is 12.0 Å². The van der Waals surface area contributed by atoms with Crippen LogP contribution in [0.3, 0.4) is 0 Å². The predicted octanol–water partition coefficient (Wildman–Crippen LogP) is 1.81. The molecule has 0 bridgehead atoms. The lowest BCUT2D eigenvalue weighted by molar-refractivity contribution is -0.145. The second-order valence-electron chi connectivity index (χ2n) is 5.63. The number of carbonyl (C=O) groups is 2. The first-order valence-corrected chi connectivity index (χ1v) is 7.72. The van der Waals surface area contributed by atoms with E-state index in [1.807, 2.05) is 31.2 Å². The SMILES string of the molecule is COC(=O)C(CNC(=O)c1coc(CN)c1)Cc1cccc(C)c1. The van der Waals surface area contributed by atoms with E-state index >= 15 is 0 Å². The second kappa shape index (κ2) is 8.31. The molecule has 0 aliphatic rings. The van der Waals surface area contributed by atoms with Gasteiger partial charge in [-0.25, -0.2) is 0 Å². The lowest BCUT2D eigenvalue weighted by atomic mass is 9.98. The molecule has 6 nitrogen and oxygen atoms in total. The number of benzene rings is 1. The van der Waals surface area contributed by atoms with E-state index in [1.54, 1.807) is 6.07 Å². The van der Waals surface area contributed by atoms with E-state index in [0.717, 1.165) is 11.1 Å². The number of methoxy groups -OCH3 is 1. The Bertz CT molecular complexity index is 709. The van der Waals surface area contributed by atoms with Gasteiger partial charge in [-0.1, -0.05) is 29.8 Å². The topological polar surface area (TPSA) is 94.6 Å². The Morgan fingerprint density at radius 1 is 1.33 bits per heavy atom. The maximum Gasteiger partial charge on any atom is 0.310 e. The summed E-state index contributed by atoms with van der Waals surface area (Å²) in [4.78, 5) is 24.1. The van der Waals surface area contributed by atoms with Crippen LogP contribution in [0.15, 0.2) is 41.0 Å². The fourth-order valence-electron chi connectivity index (χ4n) is 2.45. The third kappa shape index (κ3) is 4.70. The third-order valence-corrected chi connectivity index (χ3v) is 3.73. The molecule has 1 aromatic carbocycles. The first-order chi connectivity index (χ1) is 11.5. The molecule has 2 rings (SSSR count). The second-order valence-corrected chi connectivity index (χ2v) is 5.63. The van der Waals surface area contributed by atoms with Crippen LogP contribution in [0, 0.1) is 12.8 Å². The molecule has 0 spiro atoms. The molecule has 0 saturated heterocycles. The van der Waals surface area contributed by atoms with Gasteiger partial charge in [0.15, 0.2) is 0 Å². The van der Waals surface area contributed by atoms with Crippen LogP contribution >= 0.6 is 0 Å². The van der Waals surface area contributed by atoms with Gasteiger partial charge in [0, 0.05) is 6.54 Å². The van der Waals surface area contributed by atoms with Crippen LogP contribution in [0.1, 0.15) is 27.2 Å². The molecule has 0 saturated carbocycles. The van der Waals surface area contributed by atoms with Crippen molar-refractivity contribution in [2.45, 2.75) is 19.9 Å². The highest BCUT2D eigenvalue weighted by atomic mass is 16.5. The maximum absolute atomic E-state index is 12.1. The Hall–Kier alpha value is -2.60. The molecule has 0 aliphatic heterocycles. The van der Waals surface area contributed by atoms with Crippen LogP contribution in [0.5, 0.6) is 0 Å². The molecule has 128 valence electrons. The third-order valence-electron chi connectivity index (χ3n) is 3.73. The highest BCUT2D eigenvalue weighted by Gasteiger charge is 2.21. The van der Waals surface area contributed by atoms with Gasteiger partial charge >= 0.3 is 5.97 Å². The van der Waals surface area contributed by atoms with Gasteiger partial charge in [-0.2, -0.15) is 0 Å². The standard InChI is InChI=1S/C18H22N2O4/c1-12-4-3-5-13(6-12)7-14(18(22)23-2)10-20-17(21)15-8-16(9-19)24-11-15/h3-6,8,11,14H,7,9-10,19H2,1-2H3,(H,20,21). The number of aryl methyl sites for hydroxylation is 1. The van der Waals surface area contributed by atoms with E-state index in [4.69, 9.17) is 14.9 Å². The zero-order valence-electron chi connectivity index (χ0n) is 13.9. The van der Waals surface area contributed by atoms with Crippen molar-refractivity contribution in [1.29, 1.82) is 0 Å². The van der Waals surface area contributed by atoms with Crippen LogP contribution in [-0.2, 0) is 22.5 Å². The minimum absolute atomic E-state index is 0.183. The molecule has 1 atom stereocenters. The number of hydrogen-bond donors (Lipinski definition) is 2. The number of rotatable bonds is 7. The number of ether oxygens (including phenoxy) is 1. The normalized spacial score (nSPS) is 11.8. The lowest BCUT2D eigenvalue weighted by Gasteiger charge is -2.15. The Kier molecular flexibility index (Phi) is 6.14. The van der Waals surface area contributed by atoms with Crippen molar-refractivity contribution in [3.63, 3.8) is 0 Å². The van der Waals surface area contributed by atoms with E-state index in [1.165, 1.54) is 13.4 Å². The van der Waals surface area contributed by atoms with Crippen molar-refractivity contribution >= 4 is 11.9 Å². The fourth-order valence-corrected chi connectivity index (χ4v) is 2.45. The van der Waals surface area contributed by atoms with Crippen LogP contribution in [0.25, 0.3) is 0 Å². The molecule has 2 aromatic rings. The summed E-state index contributed by atoms with van der Waals surface area (Å²) in [6.07, 6.45) is 1.85. The van der Waals surface area contributed by atoms with Gasteiger partial charge in [-0.3, -0.25) is 9.59 Å². The van der Waals surface area contributed by atoms with Gasteiger partial charge in [0.2, 0.25) is 0 Å². The smallest absolute Gasteiger partial charge is 0.310 e. The fraction of sp³-hybridized carbons (Fsp3) is 0.333. The van der Waals surface area contributed by atoms with E-state index < -0.39 is 5.92 Å². The Morgan fingerprint density at radius 3 is 2.75 bits per heavy atom. The summed E-state index contributed by atoms with van der Waals surface area (Å²) < 4.78 is 9.99. The number of hydrogen-bond acceptors (Lipinski definition) is 5. The summed E-state index contributed by atoms with van der Waals surface area (Å²) >= 11 is 0. The number of amides is 1. The highest BCUT2D eigenvalue weighted by molar-refractivity contribution is 5.94. The van der Waals surface area contributed by atoms with Gasteiger partial charge < -0.3 is 20.2 Å². The lowest BCUT2D eigenvalue weighted by Crippen LogP contribution is -2.34. The van der Waals surface area contributed by atoms with E-state index in [9.17, 15) is 9.59 Å². The largest absolute Gasteiger partial charge is 0.469 e. The summed E-state index contributed by atoms with van der Waals surface area (Å²) in [7, 11) is 1.34. The van der Waals surface area contributed by atoms with Crippen LogP contribution in [0.2, 0.25) is 0 Å². The van der Waals surface area contributed by atoms with E-state index in [0.29, 0.717) is 17.7 Å². The van der Waals surface area contributed by atoms with Gasteiger partial charge in [-0.15, -0.1) is 0 Å². The van der Waals surface area contributed by atoms with Crippen molar-refractivity contribution in [3.05, 3.63) is 59.0 Å². The number of esters is 1. The zero-order valence-corrected chi connectivity index (χ0v) is 13.9. The summed E-state index contributed by atoms with van der Waals surface area (Å²) in [5.74, 6) is -0.589. The molecule has 1 unspecified atom stereocenters. The van der Waals surface area contributed by atoms with E-state index in [2.05, 4.69) is 5.32 Å². The molecule has 1 heterocycles. The first-order valence-electron chi connectivity index (χ1n) is 7.72. The van der Waals surface area contributed by atoms with Crippen molar-refractivity contribution in [3.8, 4) is 0 Å². The van der Waals surface area contributed by atoms with Crippen molar-refractivity contribution in [2.24, 2.45) is 11.7 Å². The summed E-state index contributed by atoms with van der Waals surface area (Å²) in [6, 6.07) is 9.49. The first kappa shape index (κ1) is 17.7. The molecule has 0 aliphatic carbocycles. The molecule has 24 heavy (non-hydrogen) atoms. The Morgan fingerprint density at radius 2 is 2.12 bits per heavy atom. The highest BCUT2D eigenvalue weighted by Crippen LogP contribution is 2.13. The number of nitrogens with two attached hydrogens (primary N) is 1. The quantitative estimate of drug-likeness (QED) is 0.755. The maximum atomic E-state index is 12.1. The number of nitrogens with one attached hydrogen (secondary N) is 1. The van der Waals surface area contributed by atoms with Crippen LogP contribution in [-0.4, -0.2) is 25.5 Å². The number of furan rings is 1. The van der Waals surface area contributed by atoms with Crippen molar-refractivity contribution in [1.82, 2.24) is 5.32 Å². The summed E-state index contributed by atoms with van der Waals surface area (Å²) in [5, 5.41) is 2.75. The molecular formula is C18H22N2O4. The Balaban J connectivity index is 2.00. The van der Waals surface area contributed by atoms with Gasteiger partial charge in [0.05, 0.1) is 25.1 Å². The number of carbonyl (C=O) groups excluding carboxylic acids is 2. The van der Waals surface area contributed by atoms with Crippen molar-refractivity contribution in [2.75, 3.05) is 13.7 Å². The molecule has 3 N–H and O–H groups in total. The summed E-state index contributed by atoms with van der Waals surface area (Å²) in [5.41, 5.74) is 7.98. The minimum atomic E-state index is -0.457. The van der Waals surface area contributed by atoms with Crippen LogP contribution < -0.4 is 11.1 Å². The van der Waals surface area contributed by atoms with Crippen LogP contribution in [0.4, 0.5) is 0 Å². The monoisotopic (exact) mass is 330 g/mol. The molecule has 6 heteroatoms. The van der Waals surface area contributed by atoms with Crippen molar-refractivity contribution < 1.29 is 18.7 Å². The van der Waals surface area contributed by atoms with E-state index in [-0.39, 0.29) is 25.0 Å². The molecule has 0 radical (unpaired) electrons. The van der Waals surface area contributed by atoms with Gasteiger partial charge in [0.25, 0.3) is 5.91 Å². The van der Waals surface area contributed by atoms with Gasteiger partial charge in [-0.05, 0) is 25.0 Å². The minimum Gasteiger partial charge on any atom is -0.469 e. The Labute approximate surface area is 141 Å². The average molecular weight is 330 g/mol. The molecule has 0 fully saturated rings. The molecule has 1 amide bonds. The zero-order chi connectivity index (χ0) is 17.5. The molecular weight excluding hydrogens is 308 g/mol. The molecule has 1 aromatic heterocycles. The summed E-state index contributed by atoms with van der Waals surface area (Å²) in [6.45, 7) is 2.40. The predicted molar refractivity (Wildman–Crippen MR) is 89.3 cm³/mol. The average Bonchev–Trinajstić information content (AvgIpc) is 3.07.